The normalized spacial score (nSPS) is 9.76. The van der Waals surface area contributed by atoms with Crippen LogP contribution in [0.2, 0.25) is 0 Å². The highest BCUT2D eigenvalue weighted by molar-refractivity contribution is 6.18. The number of esters is 2. The van der Waals surface area contributed by atoms with Crippen molar-refractivity contribution in [3.8, 4) is 0 Å². The van der Waals surface area contributed by atoms with E-state index < -0.39 is 11.9 Å². The second-order valence-electron chi connectivity index (χ2n) is 3.12. The van der Waals surface area contributed by atoms with Gasteiger partial charge in [-0.2, -0.15) is 0 Å². The van der Waals surface area contributed by atoms with Crippen LogP contribution in [0.5, 0.6) is 0 Å². The van der Waals surface area contributed by atoms with Crippen LogP contribution in [0.3, 0.4) is 0 Å². The number of rotatable bonds is 5. The van der Waals surface area contributed by atoms with E-state index in [1.165, 1.54) is 24.3 Å². The van der Waals surface area contributed by atoms with Crippen LogP contribution < -0.4 is 0 Å². The highest BCUT2D eigenvalue weighted by Crippen LogP contribution is 2.07. The Balaban J connectivity index is 2.67. The van der Waals surface area contributed by atoms with Crippen LogP contribution in [-0.4, -0.2) is 31.0 Å². The lowest BCUT2D eigenvalue weighted by atomic mass is 10.1. The van der Waals surface area contributed by atoms with E-state index in [1.807, 2.05) is 0 Å². The van der Waals surface area contributed by atoms with Crippen molar-refractivity contribution in [1.82, 2.24) is 0 Å². The molecule has 0 aromatic heterocycles. The maximum absolute atomic E-state index is 11.4. The molecule has 5 heteroatoms. The van der Waals surface area contributed by atoms with Crippen LogP contribution in [0, 0.1) is 0 Å². The Morgan fingerprint density at radius 2 is 1.53 bits per heavy atom. The summed E-state index contributed by atoms with van der Waals surface area (Å²) in [5, 5.41) is 0. The highest BCUT2D eigenvalue weighted by Gasteiger charge is 2.09. The minimum absolute atomic E-state index is 0.167. The predicted molar refractivity (Wildman–Crippen MR) is 63.4 cm³/mol. The molecule has 1 aromatic rings. The summed E-state index contributed by atoms with van der Waals surface area (Å²) in [4.78, 5) is 22.8. The second kappa shape index (κ2) is 6.91. The summed E-state index contributed by atoms with van der Waals surface area (Å²) in [6.07, 6.45) is 0. The monoisotopic (exact) mass is 256 g/mol. The molecule has 1 aromatic carbocycles. The number of halogens is 1. The van der Waals surface area contributed by atoms with Crippen LogP contribution >= 0.6 is 11.6 Å². The van der Waals surface area contributed by atoms with E-state index in [0.717, 1.165) is 0 Å². The van der Waals surface area contributed by atoms with Crippen LogP contribution in [0.15, 0.2) is 24.3 Å². The van der Waals surface area contributed by atoms with Crippen molar-refractivity contribution in [2.45, 2.75) is 6.92 Å². The van der Waals surface area contributed by atoms with Gasteiger partial charge in [-0.05, 0) is 31.2 Å². The van der Waals surface area contributed by atoms with Crippen molar-refractivity contribution in [2.75, 3.05) is 19.1 Å². The third-order valence-electron chi connectivity index (χ3n) is 1.94. The summed E-state index contributed by atoms with van der Waals surface area (Å²) in [7, 11) is 0. The summed E-state index contributed by atoms with van der Waals surface area (Å²) in [5.41, 5.74) is 0.781. The number of alkyl halides is 1. The summed E-state index contributed by atoms with van der Waals surface area (Å²) in [6.45, 7) is 2.22. The summed E-state index contributed by atoms with van der Waals surface area (Å²) in [5.74, 6) is -0.610. The van der Waals surface area contributed by atoms with E-state index in [-0.39, 0.29) is 12.5 Å². The van der Waals surface area contributed by atoms with Crippen LogP contribution in [0.4, 0.5) is 0 Å². The van der Waals surface area contributed by atoms with E-state index in [9.17, 15) is 9.59 Å². The minimum atomic E-state index is -0.457. The van der Waals surface area contributed by atoms with Crippen molar-refractivity contribution >= 4 is 23.5 Å². The molecule has 0 unspecified atom stereocenters. The summed E-state index contributed by atoms with van der Waals surface area (Å²) in [6, 6.07) is 6.08. The largest absolute Gasteiger partial charge is 0.462 e. The van der Waals surface area contributed by atoms with Gasteiger partial charge in [-0.25, -0.2) is 9.59 Å². The maximum Gasteiger partial charge on any atom is 0.338 e. The molecule has 0 aliphatic rings. The first kappa shape index (κ1) is 13.5. The number of carbonyl (C=O) groups excluding carboxylic acids is 2. The van der Waals surface area contributed by atoms with E-state index in [4.69, 9.17) is 21.1 Å². The van der Waals surface area contributed by atoms with E-state index in [0.29, 0.717) is 17.7 Å². The zero-order valence-corrected chi connectivity index (χ0v) is 10.2. The standard InChI is InChI=1S/C12H13ClO4/c1-2-16-11(14)9-3-5-10(6-4-9)12(15)17-8-7-13/h3-6H,2,7-8H2,1H3. The molecule has 0 saturated carbocycles. The van der Waals surface area contributed by atoms with Crippen LogP contribution in [0.1, 0.15) is 27.6 Å². The van der Waals surface area contributed by atoms with Crippen molar-refractivity contribution in [3.05, 3.63) is 35.4 Å². The van der Waals surface area contributed by atoms with Crippen molar-refractivity contribution in [3.63, 3.8) is 0 Å². The average Bonchev–Trinajstić information content (AvgIpc) is 2.36. The Morgan fingerprint density at radius 1 is 1.06 bits per heavy atom. The van der Waals surface area contributed by atoms with E-state index in [2.05, 4.69) is 0 Å². The number of benzene rings is 1. The average molecular weight is 257 g/mol. The Hall–Kier alpha value is -1.55. The fourth-order valence-corrected chi connectivity index (χ4v) is 1.25. The number of carbonyl (C=O) groups is 2. The molecule has 0 saturated heterocycles. The second-order valence-corrected chi connectivity index (χ2v) is 3.50. The van der Waals surface area contributed by atoms with Gasteiger partial charge >= 0.3 is 11.9 Å². The quantitative estimate of drug-likeness (QED) is 0.599. The Labute approximate surface area is 104 Å². The van der Waals surface area contributed by atoms with Gasteiger partial charge in [0, 0.05) is 0 Å². The zero-order chi connectivity index (χ0) is 12.7. The zero-order valence-electron chi connectivity index (χ0n) is 9.44. The van der Waals surface area contributed by atoms with Gasteiger partial charge < -0.3 is 9.47 Å². The molecule has 1 rings (SSSR count). The number of hydrogen-bond donors (Lipinski definition) is 0. The van der Waals surface area contributed by atoms with Gasteiger partial charge in [0.25, 0.3) is 0 Å². The van der Waals surface area contributed by atoms with Crippen LogP contribution in [-0.2, 0) is 9.47 Å². The van der Waals surface area contributed by atoms with Crippen molar-refractivity contribution < 1.29 is 19.1 Å². The lowest BCUT2D eigenvalue weighted by molar-refractivity contribution is 0.0513. The predicted octanol–water partition coefficient (Wildman–Crippen LogP) is 2.26. The first-order valence-corrected chi connectivity index (χ1v) is 5.72. The van der Waals surface area contributed by atoms with Crippen molar-refractivity contribution in [1.29, 1.82) is 0 Å². The molecule has 0 aliphatic heterocycles. The lowest BCUT2D eigenvalue weighted by Crippen LogP contribution is -2.08. The first-order chi connectivity index (χ1) is 8.19. The molecule has 0 spiro atoms. The van der Waals surface area contributed by atoms with E-state index >= 15 is 0 Å². The third-order valence-corrected chi connectivity index (χ3v) is 2.10. The molecule has 0 bridgehead atoms. The molecule has 92 valence electrons. The smallest absolute Gasteiger partial charge is 0.338 e. The number of ether oxygens (including phenoxy) is 2. The summed E-state index contributed by atoms with van der Waals surface area (Å²) >= 11 is 5.40. The van der Waals surface area contributed by atoms with Crippen molar-refractivity contribution in [2.24, 2.45) is 0 Å². The highest BCUT2D eigenvalue weighted by atomic mass is 35.5. The van der Waals surface area contributed by atoms with Crippen LogP contribution in [0.25, 0.3) is 0 Å². The molecule has 0 amide bonds. The topological polar surface area (TPSA) is 52.6 Å². The molecule has 0 radical (unpaired) electrons. The third kappa shape index (κ3) is 4.07. The van der Waals surface area contributed by atoms with Gasteiger partial charge in [0.05, 0.1) is 23.6 Å². The molecule has 0 atom stereocenters. The van der Waals surface area contributed by atoms with Gasteiger partial charge in [0.2, 0.25) is 0 Å². The minimum Gasteiger partial charge on any atom is -0.462 e. The fraction of sp³-hybridized carbons (Fsp3) is 0.333. The molecular weight excluding hydrogens is 244 g/mol. The SMILES string of the molecule is CCOC(=O)c1ccc(C(=O)OCCCl)cc1. The van der Waals surface area contributed by atoms with Gasteiger partial charge in [0.15, 0.2) is 0 Å². The molecule has 17 heavy (non-hydrogen) atoms. The Morgan fingerprint density at radius 3 is 1.94 bits per heavy atom. The maximum atomic E-state index is 11.4. The molecule has 0 heterocycles. The van der Waals surface area contributed by atoms with E-state index in [1.54, 1.807) is 6.92 Å². The first-order valence-electron chi connectivity index (χ1n) is 5.19. The summed E-state index contributed by atoms with van der Waals surface area (Å²) < 4.78 is 9.66. The lowest BCUT2D eigenvalue weighted by Gasteiger charge is -2.04. The Bertz CT molecular complexity index is 386. The van der Waals surface area contributed by atoms with Gasteiger partial charge in [0.1, 0.15) is 6.61 Å². The molecule has 4 nitrogen and oxygen atoms in total. The van der Waals surface area contributed by atoms with Gasteiger partial charge in [-0.3, -0.25) is 0 Å². The van der Waals surface area contributed by atoms with Gasteiger partial charge in [-0.1, -0.05) is 0 Å². The Kier molecular flexibility index (Phi) is 5.49. The molecule has 0 aliphatic carbocycles. The van der Waals surface area contributed by atoms with Gasteiger partial charge in [-0.15, -0.1) is 11.6 Å². The fourth-order valence-electron chi connectivity index (χ4n) is 1.17. The molecule has 0 fully saturated rings. The molecule has 0 N–H and O–H groups in total. The number of hydrogen-bond acceptors (Lipinski definition) is 4. The molecular formula is C12H13ClO4.